The molecular weight excluding hydrogens is 489 g/mol. The number of carbonyl (C=O) groups is 3. The Labute approximate surface area is 213 Å². The Morgan fingerprint density at radius 2 is 1.63 bits per heavy atom. The van der Waals surface area contributed by atoms with Crippen LogP contribution in [0.5, 0.6) is 0 Å². The van der Waals surface area contributed by atoms with Crippen LogP contribution >= 0.6 is 23.2 Å². The highest BCUT2D eigenvalue weighted by atomic mass is 35.5. The maximum atomic E-state index is 13.4. The van der Waals surface area contributed by atoms with Gasteiger partial charge in [-0.2, -0.15) is 0 Å². The minimum Gasteiger partial charge on any atom is -0.466 e. The number of amides is 1. The standard InChI is InChI=1S/C27H25Cl2NO5/c1-2-35-24(31)14-15-27(34,17-18-8-4-3-5-9-18)26(33)30-23-13-12-19(28)16-21(23)25(32)20-10-6-7-11-22(20)29/h3-13,16,34H,2,14-15,17H2,1H3,(H,30,33). The van der Waals surface area contributed by atoms with E-state index in [4.69, 9.17) is 27.9 Å². The maximum absolute atomic E-state index is 13.4. The molecule has 0 radical (unpaired) electrons. The molecular formula is C27H25Cl2NO5. The zero-order valence-corrected chi connectivity index (χ0v) is 20.6. The third-order valence-corrected chi connectivity index (χ3v) is 5.97. The van der Waals surface area contributed by atoms with E-state index in [0.717, 1.165) is 0 Å². The van der Waals surface area contributed by atoms with E-state index in [1.54, 1.807) is 55.5 Å². The summed E-state index contributed by atoms with van der Waals surface area (Å²) in [5.74, 6) is -1.72. The minimum absolute atomic E-state index is 0.0412. The number of benzene rings is 3. The van der Waals surface area contributed by atoms with Crippen molar-refractivity contribution in [2.45, 2.75) is 31.8 Å². The van der Waals surface area contributed by atoms with Gasteiger partial charge in [0.25, 0.3) is 5.91 Å². The van der Waals surface area contributed by atoms with Crippen molar-refractivity contribution in [3.05, 3.63) is 99.5 Å². The van der Waals surface area contributed by atoms with Crippen LogP contribution < -0.4 is 5.32 Å². The molecule has 0 heterocycles. The van der Waals surface area contributed by atoms with Gasteiger partial charge in [0.05, 0.1) is 17.3 Å². The first-order valence-electron chi connectivity index (χ1n) is 11.1. The first-order valence-corrected chi connectivity index (χ1v) is 11.8. The second kappa shape index (κ2) is 12.0. The average Bonchev–Trinajstić information content (AvgIpc) is 2.84. The van der Waals surface area contributed by atoms with Crippen molar-refractivity contribution in [1.29, 1.82) is 0 Å². The summed E-state index contributed by atoms with van der Waals surface area (Å²) in [7, 11) is 0. The molecule has 1 unspecified atom stereocenters. The van der Waals surface area contributed by atoms with Gasteiger partial charge in [0.2, 0.25) is 0 Å². The van der Waals surface area contributed by atoms with Gasteiger partial charge in [-0.25, -0.2) is 0 Å². The SMILES string of the molecule is CCOC(=O)CCC(O)(Cc1ccccc1)C(=O)Nc1ccc(Cl)cc1C(=O)c1ccccc1Cl. The highest BCUT2D eigenvalue weighted by molar-refractivity contribution is 6.36. The van der Waals surface area contributed by atoms with E-state index in [2.05, 4.69) is 5.32 Å². The summed E-state index contributed by atoms with van der Waals surface area (Å²) in [6.07, 6.45) is -0.370. The summed E-state index contributed by atoms with van der Waals surface area (Å²) < 4.78 is 4.96. The van der Waals surface area contributed by atoms with E-state index in [-0.39, 0.29) is 47.7 Å². The summed E-state index contributed by atoms with van der Waals surface area (Å²) in [4.78, 5) is 38.6. The van der Waals surface area contributed by atoms with E-state index in [0.29, 0.717) is 10.6 Å². The molecule has 0 aromatic heterocycles. The monoisotopic (exact) mass is 513 g/mol. The molecule has 0 aliphatic rings. The molecule has 0 bridgehead atoms. The lowest BCUT2D eigenvalue weighted by Crippen LogP contribution is -2.45. The Kier molecular flexibility index (Phi) is 9.04. The second-order valence-corrected chi connectivity index (χ2v) is 8.80. The van der Waals surface area contributed by atoms with Gasteiger partial charge in [-0.3, -0.25) is 14.4 Å². The zero-order valence-electron chi connectivity index (χ0n) is 19.1. The van der Waals surface area contributed by atoms with Crippen molar-refractivity contribution < 1.29 is 24.2 Å². The third-order valence-electron chi connectivity index (χ3n) is 5.40. The van der Waals surface area contributed by atoms with Crippen molar-refractivity contribution in [2.24, 2.45) is 0 Å². The second-order valence-electron chi connectivity index (χ2n) is 7.95. The Morgan fingerprint density at radius 1 is 0.943 bits per heavy atom. The lowest BCUT2D eigenvalue weighted by Gasteiger charge is -2.27. The van der Waals surface area contributed by atoms with Gasteiger partial charge in [0, 0.05) is 29.0 Å². The van der Waals surface area contributed by atoms with Crippen LogP contribution in [-0.4, -0.2) is 35.0 Å². The smallest absolute Gasteiger partial charge is 0.305 e. The van der Waals surface area contributed by atoms with Crippen molar-refractivity contribution in [3.8, 4) is 0 Å². The first-order chi connectivity index (χ1) is 16.7. The number of anilines is 1. The van der Waals surface area contributed by atoms with Crippen LogP contribution in [0.4, 0.5) is 5.69 Å². The van der Waals surface area contributed by atoms with E-state index >= 15 is 0 Å². The molecule has 6 nitrogen and oxygen atoms in total. The zero-order chi connectivity index (χ0) is 25.4. The Hall–Kier alpha value is -3.19. The van der Waals surface area contributed by atoms with Gasteiger partial charge < -0.3 is 15.2 Å². The fourth-order valence-corrected chi connectivity index (χ4v) is 3.99. The number of hydrogen-bond acceptors (Lipinski definition) is 5. The summed E-state index contributed by atoms with van der Waals surface area (Å²) in [5.41, 5.74) is -0.719. The number of rotatable bonds is 10. The van der Waals surface area contributed by atoms with E-state index in [1.807, 2.05) is 6.07 Å². The minimum atomic E-state index is -1.95. The van der Waals surface area contributed by atoms with Gasteiger partial charge in [0.15, 0.2) is 5.78 Å². The topological polar surface area (TPSA) is 92.7 Å². The molecule has 182 valence electrons. The molecule has 8 heteroatoms. The van der Waals surface area contributed by atoms with Crippen LogP contribution in [0.15, 0.2) is 72.8 Å². The number of ketones is 1. The maximum Gasteiger partial charge on any atom is 0.305 e. The summed E-state index contributed by atoms with van der Waals surface area (Å²) in [6, 6.07) is 19.9. The summed E-state index contributed by atoms with van der Waals surface area (Å²) in [6.45, 7) is 1.87. The highest BCUT2D eigenvalue weighted by Gasteiger charge is 2.37. The van der Waals surface area contributed by atoms with Crippen molar-refractivity contribution in [1.82, 2.24) is 0 Å². The van der Waals surface area contributed by atoms with Gasteiger partial charge in [-0.1, -0.05) is 65.7 Å². The fraction of sp³-hybridized carbons (Fsp3) is 0.222. The number of esters is 1. The molecule has 35 heavy (non-hydrogen) atoms. The molecule has 2 N–H and O–H groups in total. The van der Waals surface area contributed by atoms with Gasteiger partial charge in [0.1, 0.15) is 5.60 Å². The van der Waals surface area contributed by atoms with E-state index < -0.39 is 23.3 Å². The molecule has 3 rings (SSSR count). The predicted octanol–water partition coefficient (Wildman–Crippen LogP) is 5.48. The van der Waals surface area contributed by atoms with Crippen LogP contribution in [0.2, 0.25) is 10.0 Å². The molecule has 0 fully saturated rings. The number of ether oxygens (including phenoxy) is 1. The lowest BCUT2D eigenvalue weighted by molar-refractivity contribution is -0.146. The third kappa shape index (κ3) is 6.92. The Bertz CT molecular complexity index is 1220. The highest BCUT2D eigenvalue weighted by Crippen LogP contribution is 2.29. The number of nitrogens with one attached hydrogen (secondary N) is 1. The number of aliphatic hydroxyl groups is 1. The molecule has 0 aliphatic heterocycles. The number of hydrogen-bond donors (Lipinski definition) is 2. The van der Waals surface area contributed by atoms with Crippen molar-refractivity contribution in [3.63, 3.8) is 0 Å². The molecule has 0 saturated carbocycles. The average molecular weight is 514 g/mol. The van der Waals surface area contributed by atoms with Crippen molar-refractivity contribution >= 4 is 46.5 Å². The van der Waals surface area contributed by atoms with E-state index in [9.17, 15) is 19.5 Å². The van der Waals surface area contributed by atoms with Gasteiger partial charge in [-0.05, 0) is 49.2 Å². The molecule has 1 amide bonds. The Balaban J connectivity index is 1.92. The van der Waals surface area contributed by atoms with Gasteiger partial charge in [-0.15, -0.1) is 0 Å². The Morgan fingerprint density at radius 3 is 2.31 bits per heavy atom. The van der Waals surface area contributed by atoms with Crippen molar-refractivity contribution in [2.75, 3.05) is 11.9 Å². The molecule has 3 aromatic rings. The predicted molar refractivity (Wildman–Crippen MR) is 136 cm³/mol. The molecule has 0 saturated heterocycles. The fourth-order valence-electron chi connectivity index (χ4n) is 3.60. The van der Waals surface area contributed by atoms with Crippen LogP contribution in [0.25, 0.3) is 0 Å². The number of carbonyl (C=O) groups excluding carboxylic acids is 3. The summed E-state index contributed by atoms with van der Waals surface area (Å²) in [5, 5.41) is 14.6. The van der Waals surface area contributed by atoms with Crippen LogP contribution in [-0.2, 0) is 20.7 Å². The first kappa shape index (κ1) is 26.4. The lowest BCUT2D eigenvalue weighted by atomic mass is 9.88. The van der Waals surface area contributed by atoms with Crippen LogP contribution in [0.1, 0.15) is 41.3 Å². The van der Waals surface area contributed by atoms with E-state index in [1.165, 1.54) is 18.2 Å². The summed E-state index contributed by atoms with van der Waals surface area (Å²) >= 11 is 12.3. The number of halogens is 2. The molecule has 0 aliphatic carbocycles. The largest absolute Gasteiger partial charge is 0.466 e. The molecule has 3 aromatic carbocycles. The van der Waals surface area contributed by atoms with Crippen LogP contribution in [0, 0.1) is 0 Å². The van der Waals surface area contributed by atoms with Gasteiger partial charge >= 0.3 is 5.97 Å². The quantitative estimate of drug-likeness (QED) is 0.276. The molecule has 1 atom stereocenters. The molecule has 0 spiro atoms. The normalized spacial score (nSPS) is 12.5. The van der Waals surface area contributed by atoms with Crippen LogP contribution in [0.3, 0.4) is 0 Å².